The Bertz CT molecular complexity index is 1680. The maximum atomic E-state index is 11.8. The molecule has 4 saturated carbocycles. The lowest BCUT2D eigenvalue weighted by atomic mass is 9.40. The summed E-state index contributed by atoms with van der Waals surface area (Å²) in [5, 5.41) is 39.9. The Morgan fingerprint density at radius 1 is 0.684 bits per heavy atom. The second kappa shape index (κ2) is 18.0. The molecule has 6 rings (SSSR count). The summed E-state index contributed by atoms with van der Waals surface area (Å²) >= 11 is 12.5. The van der Waals surface area contributed by atoms with Crippen LogP contribution < -0.4 is 0 Å². The number of carboxylic acid groups (broad SMARTS) is 2. The van der Waals surface area contributed by atoms with Gasteiger partial charge in [-0.3, -0.25) is 0 Å². The Balaban J connectivity index is 1.19. The maximum Gasteiger partial charge on any atom is 0.339 e. The molecule has 8 heteroatoms. The van der Waals surface area contributed by atoms with E-state index in [0.29, 0.717) is 29.6 Å². The van der Waals surface area contributed by atoms with E-state index < -0.39 is 11.9 Å². The first-order chi connectivity index (χ1) is 27.0. The van der Waals surface area contributed by atoms with E-state index in [9.17, 15) is 30.0 Å². The number of aromatic carboxylic acids is 2. The van der Waals surface area contributed by atoms with Crippen molar-refractivity contribution in [3.05, 3.63) is 56.6 Å². The fraction of sp³-hybridized carbons (Fsp3) is 0.714. The van der Waals surface area contributed by atoms with Crippen LogP contribution in [0.25, 0.3) is 0 Å². The lowest BCUT2D eigenvalue weighted by Gasteiger charge is -2.65. The molecule has 0 aromatic heterocycles. The van der Waals surface area contributed by atoms with Gasteiger partial charge < -0.3 is 20.4 Å². The van der Waals surface area contributed by atoms with Crippen molar-refractivity contribution in [3.63, 3.8) is 0 Å². The average molecular weight is 826 g/mol. The predicted molar refractivity (Wildman–Crippen MR) is 231 cm³/mol. The molecule has 8 atom stereocenters. The number of unbranched alkanes of at least 4 members (excludes halogenated alkanes) is 2. The van der Waals surface area contributed by atoms with Crippen molar-refractivity contribution in [2.24, 2.45) is 57.7 Å². The topological polar surface area (TPSA) is 115 Å². The molecule has 316 valence electrons. The van der Waals surface area contributed by atoms with E-state index >= 15 is 0 Å². The second-order valence-corrected chi connectivity index (χ2v) is 21.0. The lowest BCUT2D eigenvalue weighted by molar-refractivity contribution is -0.159. The summed E-state index contributed by atoms with van der Waals surface area (Å²) in [6.07, 6.45) is 23.8. The van der Waals surface area contributed by atoms with E-state index in [1.54, 1.807) is 24.3 Å². The summed E-state index contributed by atoms with van der Waals surface area (Å²) < 4.78 is 0. The van der Waals surface area contributed by atoms with E-state index in [1.807, 2.05) is 0 Å². The third kappa shape index (κ3) is 9.03. The number of hydrogen-bond acceptors (Lipinski definition) is 4. The van der Waals surface area contributed by atoms with Gasteiger partial charge in [-0.2, -0.15) is 0 Å². The summed E-state index contributed by atoms with van der Waals surface area (Å²) in [7, 11) is 0. The fourth-order valence-corrected chi connectivity index (χ4v) is 14.6. The molecule has 0 aliphatic heterocycles. The van der Waals surface area contributed by atoms with Crippen molar-refractivity contribution >= 4 is 35.1 Å². The summed E-state index contributed by atoms with van der Waals surface area (Å²) in [5.74, 6) is 2.50. The van der Waals surface area contributed by atoms with Crippen molar-refractivity contribution < 1.29 is 30.0 Å². The molecule has 2 aromatic rings. The SMILES string of the molecule is CC(C)CCC[C@@H](C)[C@H]1CC[C@H]2[C@@H]3CC[C@H]4C(CCCCc5cc(Cl)c(O)c(C(=O)O)c5)(CCCCc5cc(Cl)c(O)c(C(=O)O)c5)CCC[C@]4(C)[C@H]3CC[C@]12C. The van der Waals surface area contributed by atoms with Gasteiger partial charge in [0, 0.05) is 0 Å². The van der Waals surface area contributed by atoms with Crippen LogP contribution in [0.15, 0.2) is 24.3 Å². The van der Waals surface area contributed by atoms with Gasteiger partial charge in [0.15, 0.2) is 0 Å². The van der Waals surface area contributed by atoms with Gasteiger partial charge in [-0.15, -0.1) is 0 Å². The minimum absolute atomic E-state index is 0.0873. The average Bonchev–Trinajstić information content (AvgIpc) is 3.51. The number of phenols is 2. The standard InChI is InChI=1S/C49H70Cl2O6/c1-30(2)12-10-13-31(3)37-17-18-38-34-16-19-42-48(5,39(34)20-25-47(37,38)4)21-11-24-49(42,22-8-6-14-32-26-35(45(54)55)43(52)40(50)28-32)23-9-7-15-33-27-36(46(56)57)44(53)41(51)29-33/h26-31,34,37-39,42,52-53H,6-25H2,1-5H3,(H,54,55)(H,56,57)/t31-,34+,37-,38+,39+,42-,47-,48-/m1/s1. The first-order valence-corrected chi connectivity index (χ1v) is 23.3. The van der Waals surface area contributed by atoms with E-state index in [0.717, 1.165) is 85.2 Å². The smallest absolute Gasteiger partial charge is 0.339 e. The first-order valence-electron chi connectivity index (χ1n) is 22.5. The minimum Gasteiger partial charge on any atom is -0.505 e. The van der Waals surface area contributed by atoms with Gasteiger partial charge in [0.1, 0.15) is 22.6 Å². The molecule has 0 saturated heterocycles. The van der Waals surface area contributed by atoms with Crippen molar-refractivity contribution in [1.82, 2.24) is 0 Å². The number of aryl methyl sites for hydroxylation is 2. The monoisotopic (exact) mass is 824 g/mol. The zero-order chi connectivity index (χ0) is 41.3. The Kier molecular flexibility index (Phi) is 14.0. The van der Waals surface area contributed by atoms with Gasteiger partial charge in [-0.25, -0.2) is 9.59 Å². The molecule has 4 fully saturated rings. The van der Waals surface area contributed by atoms with Crippen LogP contribution in [0.2, 0.25) is 10.0 Å². The molecular weight excluding hydrogens is 755 g/mol. The lowest BCUT2D eigenvalue weighted by Crippen LogP contribution is -2.57. The van der Waals surface area contributed by atoms with Crippen molar-refractivity contribution in [2.45, 2.75) is 163 Å². The number of benzene rings is 2. The van der Waals surface area contributed by atoms with Crippen molar-refractivity contribution in [1.29, 1.82) is 0 Å². The molecule has 4 N–H and O–H groups in total. The highest BCUT2D eigenvalue weighted by atomic mass is 35.5. The van der Waals surface area contributed by atoms with E-state index in [-0.39, 0.29) is 38.1 Å². The van der Waals surface area contributed by atoms with Crippen LogP contribution in [0.4, 0.5) is 0 Å². The first kappa shape index (κ1) is 44.1. The number of aromatic hydroxyl groups is 2. The highest BCUT2D eigenvalue weighted by molar-refractivity contribution is 6.33. The number of carboxylic acids is 2. The molecule has 57 heavy (non-hydrogen) atoms. The second-order valence-electron chi connectivity index (χ2n) is 20.2. The van der Waals surface area contributed by atoms with E-state index in [4.69, 9.17) is 23.2 Å². The molecule has 0 amide bonds. The Morgan fingerprint density at radius 3 is 1.79 bits per heavy atom. The van der Waals surface area contributed by atoms with Gasteiger partial charge in [-0.05, 0) is 183 Å². The number of hydrogen-bond donors (Lipinski definition) is 4. The van der Waals surface area contributed by atoms with Gasteiger partial charge in [0.25, 0.3) is 0 Å². The van der Waals surface area contributed by atoms with Crippen LogP contribution in [0.3, 0.4) is 0 Å². The quantitative estimate of drug-likeness (QED) is 0.118. The molecule has 4 aliphatic carbocycles. The molecule has 0 bridgehead atoms. The maximum absolute atomic E-state index is 11.8. The Hall–Kier alpha value is -2.44. The molecule has 4 aliphatic rings. The number of carbonyl (C=O) groups is 2. The van der Waals surface area contributed by atoms with Gasteiger partial charge in [0.2, 0.25) is 0 Å². The largest absolute Gasteiger partial charge is 0.505 e. The number of rotatable bonds is 17. The summed E-state index contributed by atoms with van der Waals surface area (Å²) in [6, 6.07) is 6.56. The van der Waals surface area contributed by atoms with Crippen LogP contribution in [0.5, 0.6) is 11.5 Å². The summed E-state index contributed by atoms with van der Waals surface area (Å²) in [6.45, 7) is 12.7. The molecule has 0 heterocycles. The molecule has 6 nitrogen and oxygen atoms in total. The number of halogens is 2. The van der Waals surface area contributed by atoms with Crippen LogP contribution in [-0.4, -0.2) is 32.4 Å². The van der Waals surface area contributed by atoms with Crippen LogP contribution >= 0.6 is 23.2 Å². The third-order valence-electron chi connectivity index (χ3n) is 16.7. The zero-order valence-electron chi connectivity index (χ0n) is 35.4. The normalized spacial score (nSPS) is 29.7. The number of fused-ring (bicyclic) bond motifs is 5. The van der Waals surface area contributed by atoms with Crippen LogP contribution in [0, 0.1) is 57.7 Å². The highest BCUT2D eigenvalue weighted by Gasteiger charge is 2.63. The molecule has 0 unspecified atom stereocenters. The molecular formula is C49H70Cl2O6. The zero-order valence-corrected chi connectivity index (χ0v) is 36.9. The van der Waals surface area contributed by atoms with Crippen molar-refractivity contribution in [3.8, 4) is 11.5 Å². The Labute approximate surface area is 352 Å². The van der Waals surface area contributed by atoms with Crippen LogP contribution in [-0.2, 0) is 12.8 Å². The van der Waals surface area contributed by atoms with E-state index in [2.05, 4.69) is 34.6 Å². The molecule has 0 radical (unpaired) electrons. The van der Waals surface area contributed by atoms with Gasteiger partial charge in [0.05, 0.1) is 10.0 Å². The summed E-state index contributed by atoms with van der Waals surface area (Å²) in [5.41, 5.74) is 2.43. The molecule has 2 aromatic carbocycles. The van der Waals surface area contributed by atoms with Crippen molar-refractivity contribution in [2.75, 3.05) is 0 Å². The minimum atomic E-state index is -1.17. The summed E-state index contributed by atoms with van der Waals surface area (Å²) in [4.78, 5) is 23.6. The molecule has 0 spiro atoms. The highest BCUT2D eigenvalue weighted by Crippen LogP contribution is 2.71. The van der Waals surface area contributed by atoms with Crippen LogP contribution in [0.1, 0.15) is 182 Å². The Morgan fingerprint density at radius 2 is 1.25 bits per heavy atom. The van der Waals surface area contributed by atoms with Gasteiger partial charge in [-0.1, -0.05) is 96.3 Å². The predicted octanol–water partition coefficient (Wildman–Crippen LogP) is 14.0. The fourth-order valence-electron chi connectivity index (χ4n) is 14.1. The third-order valence-corrected chi connectivity index (χ3v) is 17.3. The van der Waals surface area contributed by atoms with E-state index in [1.165, 1.54) is 77.0 Å². The van der Waals surface area contributed by atoms with Gasteiger partial charge >= 0.3 is 11.9 Å².